The number of benzene rings is 4. The summed E-state index contributed by atoms with van der Waals surface area (Å²) in [7, 11) is -3.34. The van der Waals surface area contributed by atoms with Gasteiger partial charge in [0.05, 0.1) is 5.44 Å². The molecule has 4 aromatic rings. The Bertz CT molecular complexity index is 1180. The van der Waals surface area contributed by atoms with Crippen LogP contribution in [0.5, 0.6) is 0 Å². The molecule has 1 amide bonds. The molecule has 4 rings (SSSR count). The van der Waals surface area contributed by atoms with E-state index in [9.17, 15) is 9.36 Å². The van der Waals surface area contributed by atoms with E-state index in [1.807, 2.05) is 115 Å². The van der Waals surface area contributed by atoms with Crippen molar-refractivity contribution in [1.82, 2.24) is 5.32 Å². The molecule has 0 aliphatic carbocycles. The van der Waals surface area contributed by atoms with Crippen LogP contribution in [0.1, 0.15) is 15.9 Å². The first kappa shape index (κ1) is 20.6. The van der Waals surface area contributed by atoms with Gasteiger partial charge in [-0.1, -0.05) is 109 Å². The van der Waals surface area contributed by atoms with Crippen molar-refractivity contribution in [1.29, 1.82) is 0 Å². The Morgan fingerprint density at radius 2 is 1.03 bits per heavy atom. The zero-order chi connectivity index (χ0) is 21.5. The second-order valence-electron chi connectivity index (χ2n) is 7.04. The van der Waals surface area contributed by atoms with E-state index in [1.165, 1.54) is 0 Å². The standard InChI is InChI=1S/C27H22NO2P/c29-27(23-15-7-2-8-16-23)28-26(21-22-13-5-1-6-14-22)31(30,24-17-9-3-10-18-24)25-19-11-4-12-20-25/h1-21H,(H,28,29)/b26-21-. The molecule has 4 heteroatoms. The zero-order valence-electron chi connectivity index (χ0n) is 16.9. The summed E-state index contributed by atoms with van der Waals surface area (Å²) in [6.45, 7) is 0. The van der Waals surface area contributed by atoms with Gasteiger partial charge in [-0.05, 0) is 23.8 Å². The molecule has 0 aliphatic rings. The molecular weight excluding hydrogens is 401 g/mol. The lowest BCUT2D eigenvalue weighted by Gasteiger charge is -2.23. The first-order valence-corrected chi connectivity index (χ1v) is 11.7. The van der Waals surface area contributed by atoms with Crippen LogP contribution in [0.25, 0.3) is 6.08 Å². The van der Waals surface area contributed by atoms with Gasteiger partial charge in [-0.25, -0.2) is 0 Å². The van der Waals surface area contributed by atoms with Crippen LogP contribution in [-0.4, -0.2) is 5.91 Å². The monoisotopic (exact) mass is 423 g/mol. The Hall–Kier alpha value is -3.68. The van der Waals surface area contributed by atoms with Crippen molar-refractivity contribution in [3.8, 4) is 0 Å². The molecule has 0 heterocycles. The van der Waals surface area contributed by atoms with E-state index in [-0.39, 0.29) is 5.91 Å². The third-order valence-corrected chi connectivity index (χ3v) is 7.93. The molecule has 1 N–H and O–H groups in total. The maximum atomic E-state index is 14.8. The number of nitrogens with one attached hydrogen (secondary N) is 1. The van der Waals surface area contributed by atoms with Crippen molar-refractivity contribution in [2.24, 2.45) is 0 Å². The van der Waals surface area contributed by atoms with E-state index in [0.29, 0.717) is 21.6 Å². The highest BCUT2D eigenvalue weighted by Gasteiger charge is 2.33. The zero-order valence-corrected chi connectivity index (χ0v) is 17.8. The molecule has 0 aliphatic heterocycles. The molecule has 152 valence electrons. The van der Waals surface area contributed by atoms with Crippen LogP contribution in [-0.2, 0) is 4.57 Å². The molecular formula is C27H22NO2P. The molecule has 0 atom stereocenters. The van der Waals surface area contributed by atoms with Crippen LogP contribution in [0.4, 0.5) is 0 Å². The van der Waals surface area contributed by atoms with E-state index in [4.69, 9.17) is 0 Å². The Kier molecular flexibility index (Phi) is 6.26. The van der Waals surface area contributed by atoms with Gasteiger partial charge in [0, 0.05) is 16.2 Å². The summed E-state index contributed by atoms with van der Waals surface area (Å²) < 4.78 is 14.8. The summed E-state index contributed by atoms with van der Waals surface area (Å²) in [4.78, 5) is 13.1. The van der Waals surface area contributed by atoms with E-state index in [2.05, 4.69) is 5.32 Å². The maximum absolute atomic E-state index is 14.8. The fourth-order valence-corrected chi connectivity index (χ4v) is 6.02. The van der Waals surface area contributed by atoms with Gasteiger partial charge in [-0.2, -0.15) is 0 Å². The molecule has 0 bridgehead atoms. The SMILES string of the molecule is O=C(N/C(=C/c1ccccc1)P(=O)(c1ccccc1)c1ccccc1)c1ccccc1. The minimum Gasteiger partial charge on any atom is -0.318 e. The lowest BCUT2D eigenvalue weighted by molar-refractivity contribution is 0.0968. The normalized spacial score (nSPS) is 11.7. The van der Waals surface area contributed by atoms with E-state index in [0.717, 1.165) is 5.56 Å². The van der Waals surface area contributed by atoms with Gasteiger partial charge in [0.1, 0.15) is 0 Å². The predicted octanol–water partition coefficient (Wildman–Crippen LogP) is 5.43. The molecule has 0 saturated carbocycles. The minimum atomic E-state index is -3.34. The van der Waals surface area contributed by atoms with Gasteiger partial charge in [0.15, 0.2) is 7.14 Å². The number of amides is 1. The molecule has 0 fully saturated rings. The van der Waals surface area contributed by atoms with E-state index >= 15 is 0 Å². The van der Waals surface area contributed by atoms with Crippen LogP contribution in [0.2, 0.25) is 0 Å². The van der Waals surface area contributed by atoms with Crippen molar-refractivity contribution >= 4 is 29.7 Å². The third-order valence-electron chi connectivity index (χ3n) is 4.96. The first-order chi connectivity index (χ1) is 15.2. The van der Waals surface area contributed by atoms with Crippen LogP contribution in [0.3, 0.4) is 0 Å². The predicted molar refractivity (Wildman–Crippen MR) is 128 cm³/mol. The lowest BCUT2D eigenvalue weighted by atomic mass is 10.2. The number of carbonyl (C=O) groups is 1. The smallest absolute Gasteiger partial charge is 0.255 e. The van der Waals surface area contributed by atoms with Crippen molar-refractivity contribution in [2.45, 2.75) is 0 Å². The van der Waals surface area contributed by atoms with Gasteiger partial charge in [0.25, 0.3) is 5.91 Å². The first-order valence-electron chi connectivity index (χ1n) is 10.0. The molecule has 31 heavy (non-hydrogen) atoms. The second-order valence-corrected chi connectivity index (χ2v) is 9.77. The molecule has 4 aromatic carbocycles. The highest BCUT2D eigenvalue weighted by molar-refractivity contribution is 7.82. The average molecular weight is 423 g/mol. The maximum Gasteiger partial charge on any atom is 0.255 e. The largest absolute Gasteiger partial charge is 0.318 e. The fourth-order valence-electron chi connectivity index (χ4n) is 3.39. The van der Waals surface area contributed by atoms with Crippen LogP contribution in [0, 0.1) is 0 Å². The number of carbonyl (C=O) groups excluding carboxylic acids is 1. The lowest BCUT2D eigenvalue weighted by Crippen LogP contribution is -2.29. The molecule has 0 spiro atoms. The van der Waals surface area contributed by atoms with Crippen molar-refractivity contribution in [3.05, 3.63) is 138 Å². The summed E-state index contributed by atoms with van der Waals surface area (Å²) in [6, 6.07) is 37.2. The Labute approximate surface area is 182 Å². The van der Waals surface area contributed by atoms with Crippen LogP contribution < -0.4 is 15.9 Å². The topological polar surface area (TPSA) is 46.2 Å². The third kappa shape index (κ3) is 4.58. The fraction of sp³-hybridized carbons (Fsp3) is 0. The molecule has 3 nitrogen and oxygen atoms in total. The highest BCUT2D eigenvalue weighted by Crippen LogP contribution is 2.51. The van der Waals surface area contributed by atoms with Crippen LogP contribution >= 0.6 is 7.14 Å². The van der Waals surface area contributed by atoms with Crippen molar-refractivity contribution in [3.63, 3.8) is 0 Å². The summed E-state index contributed by atoms with van der Waals surface area (Å²) in [5.41, 5.74) is 1.75. The van der Waals surface area contributed by atoms with Crippen LogP contribution in [0.15, 0.2) is 127 Å². The summed E-state index contributed by atoms with van der Waals surface area (Å²) in [5.74, 6) is -0.296. The van der Waals surface area contributed by atoms with Gasteiger partial charge < -0.3 is 9.88 Å². The van der Waals surface area contributed by atoms with Gasteiger partial charge in [0.2, 0.25) is 0 Å². The van der Waals surface area contributed by atoms with Crippen molar-refractivity contribution < 1.29 is 9.36 Å². The number of rotatable bonds is 6. The van der Waals surface area contributed by atoms with Gasteiger partial charge in [-0.3, -0.25) is 4.79 Å². The van der Waals surface area contributed by atoms with Gasteiger partial charge in [-0.15, -0.1) is 0 Å². The summed E-state index contributed by atoms with van der Waals surface area (Å²) >= 11 is 0. The number of hydrogen-bond donors (Lipinski definition) is 1. The van der Waals surface area contributed by atoms with Gasteiger partial charge >= 0.3 is 0 Å². The van der Waals surface area contributed by atoms with Crippen molar-refractivity contribution in [2.75, 3.05) is 0 Å². The summed E-state index contributed by atoms with van der Waals surface area (Å²) in [5, 5.41) is 4.31. The Morgan fingerprint density at radius 3 is 1.52 bits per heavy atom. The van der Waals surface area contributed by atoms with E-state index < -0.39 is 7.14 Å². The number of hydrogen-bond acceptors (Lipinski definition) is 2. The molecule has 0 saturated heterocycles. The second kappa shape index (κ2) is 9.42. The minimum absolute atomic E-state index is 0.296. The summed E-state index contributed by atoms with van der Waals surface area (Å²) in [6.07, 6.45) is 1.81. The Morgan fingerprint density at radius 1 is 0.613 bits per heavy atom. The van der Waals surface area contributed by atoms with E-state index in [1.54, 1.807) is 12.1 Å². The average Bonchev–Trinajstić information content (AvgIpc) is 2.85. The molecule has 0 aromatic heterocycles. The Balaban J connectivity index is 1.90. The highest BCUT2D eigenvalue weighted by atomic mass is 31.2. The molecule has 0 unspecified atom stereocenters. The molecule has 0 radical (unpaired) electrons. The quantitative estimate of drug-likeness (QED) is 0.421.